The smallest absolute Gasteiger partial charge is 0.312 e. The molecule has 0 aliphatic carbocycles. The number of hydrogen-bond acceptors (Lipinski definition) is 4. The van der Waals surface area contributed by atoms with Gasteiger partial charge in [0.25, 0.3) is 0 Å². The summed E-state index contributed by atoms with van der Waals surface area (Å²) in [4.78, 5) is 14.0. The van der Waals surface area contributed by atoms with E-state index in [0.29, 0.717) is 9.51 Å². The number of nitrogens with one attached hydrogen (secondary N) is 1. The summed E-state index contributed by atoms with van der Waals surface area (Å²) in [5.74, 6) is 0.171. The van der Waals surface area contributed by atoms with Crippen LogP contribution < -0.4 is 5.32 Å². The molecule has 0 amide bonds. The van der Waals surface area contributed by atoms with Crippen molar-refractivity contribution in [3.63, 3.8) is 0 Å². The second-order valence-corrected chi connectivity index (χ2v) is 4.10. The molecule has 0 saturated carbocycles. The SMILES string of the molecule is C=C(Cl)CNc1ncc(Br)cc1[N+](=O)[O-]. The Balaban J connectivity index is 2.95. The highest BCUT2D eigenvalue weighted by Crippen LogP contribution is 2.25. The molecule has 1 aromatic heterocycles. The van der Waals surface area contributed by atoms with Crippen molar-refractivity contribution in [2.24, 2.45) is 0 Å². The van der Waals surface area contributed by atoms with Crippen LogP contribution in [0.5, 0.6) is 0 Å². The normalized spacial score (nSPS) is 9.73. The molecule has 1 rings (SSSR count). The number of pyridine rings is 1. The van der Waals surface area contributed by atoms with Gasteiger partial charge in [-0.15, -0.1) is 0 Å². The number of hydrogen-bond donors (Lipinski definition) is 1. The minimum atomic E-state index is -0.517. The predicted octanol–water partition coefficient (Wildman–Crippen LogP) is 2.92. The number of rotatable bonds is 4. The van der Waals surface area contributed by atoms with Gasteiger partial charge in [0.2, 0.25) is 5.82 Å². The fraction of sp³-hybridized carbons (Fsp3) is 0.125. The maximum atomic E-state index is 10.7. The summed E-state index contributed by atoms with van der Waals surface area (Å²) >= 11 is 8.63. The Kier molecular flexibility index (Phi) is 4.05. The second-order valence-electron chi connectivity index (χ2n) is 2.65. The highest BCUT2D eigenvalue weighted by atomic mass is 79.9. The molecule has 1 aromatic rings. The molecule has 0 fully saturated rings. The number of aromatic nitrogens is 1. The third kappa shape index (κ3) is 3.49. The van der Waals surface area contributed by atoms with Crippen molar-refractivity contribution >= 4 is 39.0 Å². The van der Waals surface area contributed by atoms with E-state index < -0.39 is 4.92 Å². The van der Waals surface area contributed by atoms with Gasteiger partial charge in [-0.1, -0.05) is 18.2 Å². The van der Waals surface area contributed by atoms with E-state index in [1.165, 1.54) is 12.3 Å². The predicted molar refractivity (Wildman–Crippen MR) is 62.1 cm³/mol. The van der Waals surface area contributed by atoms with Crippen LogP contribution in [0.2, 0.25) is 0 Å². The summed E-state index contributed by atoms with van der Waals surface area (Å²) < 4.78 is 0.546. The highest BCUT2D eigenvalue weighted by molar-refractivity contribution is 9.10. The van der Waals surface area contributed by atoms with Gasteiger partial charge in [0.1, 0.15) is 0 Å². The molecule has 0 bridgehead atoms. The van der Waals surface area contributed by atoms with E-state index in [9.17, 15) is 10.1 Å². The first kappa shape index (κ1) is 11.9. The van der Waals surface area contributed by atoms with Crippen molar-refractivity contribution in [1.82, 2.24) is 4.98 Å². The van der Waals surface area contributed by atoms with Crippen molar-refractivity contribution in [2.75, 3.05) is 11.9 Å². The molecule has 7 heteroatoms. The molecule has 1 heterocycles. The maximum Gasteiger partial charge on any atom is 0.312 e. The summed E-state index contributed by atoms with van der Waals surface area (Å²) in [5.41, 5.74) is -0.109. The number of nitrogens with zero attached hydrogens (tertiary/aromatic N) is 2. The Labute approximate surface area is 99.4 Å². The molecule has 1 N–H and O–H groups in total. The van der Waals surface area contributed by atoms with Crippen LogP contribution in [0, 0.1) is 10.1 Å². The molecular weight excluding hydrogens is 285 g/mol. The summed E-state index contributed by atoms with van der Waals surface area (Å²) in [6.45, 7) is 3.69. The third-order valence-electron chi connectivity index (χ3n) is 1.48. The Morgan fingerprint density at radius 2 is 2.47 bits per heavy atom. The van der Waals surface area contributed by atoms with Gasteiger partial charge in [-0.25, -0.2) is 4.98 Å². The molecule has 0 spiro atoms. The van der Waals surface area contributed by atoms with Crippen LogP contribution in [0.15, 0.2) is 28.3 Å². The van der Waals surface area contributed by atoms with E-state index in [1.807, 2.05) is 0 Å². The molecule has 0 atom stereocenters. The Morgan fingerprint density at radius 3 is 3.00 bits per heavy atom. The number of halogens is 2. The first-order valence-electron chi connectivity index (χ1n) is 3.88. The zero-order valence-electron chi connectivity index (χ0n) is 7.54. The molecule has 0 aliphatic rings. The van der Waals surface area contributed by atoms with Crippen LogP contribution in [0.25, 0.3) is 0 Å². The van der Waals surface area contributed by atoms with E-state index in [1.54, 1.807) is 0 Å². The summed E-state index contributed by atoms with van der Waals surface area (Å²) in [5, 5.41) is 13.7. The fourth-order valence-corrected chi connectivity index (χ4v) is 1.27. The lowest BCUT2D eigenvalue weighted by Crippen LogP contribution is -2.05. The molecule has 0 aromatic carbocycles. The van der Waals surface area contributed by atoms with Gasteiger partial charge in [0.15, 0.2) is 0 Å². The monoisotopic (exact) mass is 291 g/mol. The molecule has 15 heavy (non-hydrogen) atoms. The van der Waals surface area contributed by atoms with Crippen LogP contribution in [0.3, 0.4) is 0 Å². The van der Waals surface area contributed by atoms with Gasteiger partial charge >= 0.3 is 5.69 Å². The minimum Gasteiger partial charge on any atom is -0.359 e. The molecule has 0 aliphatic heterocycles. The lowest BCUT2D eigenvalue weighted by molar-refractivity contribution is -0.384. The Bertz CT molecular complexity index is 411. The molecule has 5 nitrogen and oxygen atoms in total. The number of anilines is 1. The van der Waals surface area contributed by atoms with Gasteiger partial charge in [-0.3, -0.25) is 10.1 Å². The Morgan fingerprint density at radius 1 is 1.80 bits per heavy atom. The highest BCUT2D eigenvalue weighted by Gasteiger charge is 2.15. The van der Waals surface area contributed by atoms with Gasteiger partial charge in [-0.05, 0) is 15.9 Å². The van der Waals surface area contributed by atoms with Crippen molar-refractivity contribution in [1.29, 1.82) is 0 Å². The van der Waals surface area contributed by atoms with Crippen LogP contribution in [0.4, 0.5) is 11.5 Å². The molecule has 80 valence electrons. The standard InChI is InChI=1S/C8H7BrClN3O2/c1-5(10)3-11-8-7(13(14)15)2-6(9)4-12-8/h2,4H,1,3H2,(H,11,12). The van der Waals surface area contributed by atoms with Crippen molar-refractivity contribution in [2.45, 2.75) is 0 Å². The molecule has 0 radical (unpaired) electrons. The van der Waals surface area contributed by atoms with Gasteiger partial charge in [0, 0.05) is 21.8 Å². The first-order valence-corrected chi connectivity index (χ1v) is 5.05. The Hall–Kier alpha value is -1.14. The van der Waals surface area contributed by atoms with E-state index >= 15 is 0 Å². The summed E-state index contributed by atoms with van der Waals surface area (Å²) in [7, 11) is 0. The van der Waals surface area contributed by atoms with Crippen molar-refractivity contribution in [3.05, 3.63) is 38.5 Å². The van der Waals surface area contributed by atoms with Gasteiger partial charge in [0.05, 0.1) is 11.5 Å². The topological polar surface area (TPSA) is 68.1 Å². The van der Waals surface area contributed by atoms with E-state index in [-0.39, 0.29) is 18.1 Å². The van der Waals surface area contributed by atoms with Gasteiger partial charge < -0.3 is 5.32 Å². The second kappa shape index (κ2) is 5.09. The lowest BCUT2D eigenvalue weighted by atomic mass is 10.4. The third-order valence-corrected chi connectivity index (χ3v) is 2.05. The molecular formula is C8H7BrClN3O2. The van der Waals surface area contributed by atoms with E-state index in [2.05, 4.69) is 32.8 Å². The van der Waals surface area contributed by atoms with E-state index in [0.717, 1.165) is 0 Å². The zero-order chi connectivity index (χ0) is 11.4. The summed E-state index contributed by atoms with van der Waals surface area (Å²) in [6.07, 6.45) is 1.46. The van der Waals surface area contributed by atoms with Crippen LogP contribution in [-0.2, 0) is 0 Å². The largest absolute Gasteiger partial charge is 0.359 e. The van der Waals surface area contributed by atoms with E-state index in [4.69, 9.17) is 11.6 Å². The average molecular weight is 293 g/mol. The van der Waals surface area contributed by atoms with Crippen molar-refractivity contribution in [3.8, 4) is 0 Å². The van der Waals surface area contributed by atoms with Crippen molar-refractivity contribution < 1.29 is 4.92 Å². The van der Waals surface area contributed by atoms with Gasteiger partial charge in [-0.2, -0.15) is 0 Å². The first-order chi connectivity index (χ1) is 7.00. The fourth-order valence-electron chi connectivity index (χ4n) is 0.884. The number of nitro groups is 1. The quantitative estimate of drug-likeness (QED) is 0.684. The van der Waals surface area contributed by atoms with Crippen LogP contribution in [0.1, 0.15) is 0 Å². The zero-order valence-corrected chi connectivity index (χ0v) is 9.88. The lowest BCUT2D eigenvalue weighted by Gasteiger charge is -2.04. The summed E-state index contributed by atoms with van der Waals surface area (Å²) in [6, 6.07) is 1.37. The molecule has 0 unspecified atom stereocenters. The van der Waals surface area contributed by atoms with Crippen LogP contribution >= 0.6 is 27.5 Å². The molecule has 0 saturated heterocycles. The minimum absolute atomic E-state index is 0.109. The van der Waals surface area contributed by atoms with Crippen LogP contribution in [-0.4, -0.2) is 16.5 Å². The maximum absolute atomic E-state index is 10.7. The average Bonchev–Trinajstić information content (AvgIpc) is 2.15.